The van der Waals surface area contributed by atoms with Gasteiger partial charge < -0.3 is 4.74 Å². The van der Waals surface area contributed by atoms with Crippen LogP contribution < -0.4 is 0 Å². The minimum absolute atomic E-state index is 0.0834. The van der Waals surface area contributed by atoms with Gasteiger partial charge in [-0.2, -0.15) is 0 Å². The Hall–Kier alpha value is -2.76. The molecule has 0 unspecified atom stereocenters. The van der Waals surface area contributed by atoms with Gasteiger partial charge in [0.1, 0.15) is 5.82 Å². The number of non-ortho nitro benzene ring substituents is 1. The van der Waals surface area contributed by atoms with E-state index >= 15 is 0 Å². The lowest BCUT2D eigenvalue weighted by Crippen LogP contribution is -2.04. The van der Waals surface area contributed by atoms with Crippen LogP contribution in [0.4, 0.5) is 10.1 Å². The topological polar surface area (TPSA) is 69.4 Å². The van der Waals surface area contributed by atoms with E-state index in [1.807, 2.05) is 0 Å². The van der Waals surface area contributed by atoms with Gasteiger partial charge in [0, 0.05) is 12.1 Å². The van der Waals surface area contributed by atoms with Gasteiger partial charge in [-0.3, -0.25) is 10.1 Å². The van der Waals surface area contributed by atoms with Gasteiger partial charge in [0.15, 0.2) is 0 Å². The number of carbonyl (C=O) groups excluding carboxylic acids is 1. The molecule has 102 valence electrons. The van der Waals surface area contributed by atoms with E-state index in [1.54, 1.807) is 6.07 Å². The summed E-state index contributed by atoms with van der Waals surface area (Å²) in [7, 11) is 1.16. The summed E-state index contributed by atoms with van der Waals surface area (Å²) >= 11 is 0. The number of benzene rings is 2. The highest BCUT2D eigenvalue weighted by atomic mass is 19.1. The number of esters is 1. The highest BCUT2D eigenvalue weighted by molar-refractivity contribution is 5.90. The molecule has 0 fully saturated rings. The van der Waals surface area contributed by atoms with Crippen molar-refractivity contribution in [1.82, 2.24) is 0 Å². The second-order valence-electron chi connectivity index (χ2n) is 3.99. The smallest absolute Gasteiger partial charge is 0.340 e. The Bertz CT molecular complexity index is 685. The van der Waals surface area contributed by atoms with E-state index in [1.165, 1.54) is 30.3 Å². The Balaban J connectivity index is 2.44. The van der Waals surface area contributed by atoms with Crippen molar-refractivity contribution in [2.24, 2.45) is 0 Å². The first-order valence-electron chi connectivity index (χ1n) is 5.65. The average molecular weight is 275 g/mol. The van der Waals surface area contributed by atoms with Gasteiger partial charge in [0.2, 0.25) is 0 Å². The van der Waals surface area contributed by atoms with Crippen LogP contribution in [-0.2, 0) is 4.74 Å². The number of hydrogen-bond acceptors (Lipinski definition) is 4. The van der Waals surface area contributed by atoms with Crippen LogP contribution in [0.5, 0.6) is 0 Å². The third-order valence-corrected chi connectivity index (χ3v) is 2.76. The van der Waals surface area contributed by atoms with Crippen molar-refractivity contribution in [3.63, 3.8) is 0 Å². The second-order valence-corrected chi connectivity index (χ2v) is 3.99. The Labute approximate surface area is 113 Å². The molecule has 2 aromatic rings. The van der Waals surface area contributed by atoms with Crippen LogP contribution in [0.3, 0.4) is 0 Å². The molecule has 5 nitrogen and oxygen atoms in total. The monoisotopic (exact) mass is 275 g/mol. The van der Waals surface area contributed by atoms with E-state index in [0.717, 1.165) is 13.2 Å². The number of nitrogens with zero attached hydrogens (tertiary/aromatic N) is 1. The normalized spacial score (nSPS) is 10.1. The lowest BCUT2D eigenvalue weighted by molar-refractivity contribution is -0.384. The molecule has 0 atom stereocenters. The standard InChI is InChI=1S/C14H10FNO4/c1-20-14(17)12-6-5-10(8-13(12)15)9-3-2-4-11(7-9)16(18)19/h2-8H,1H3. The lowest BCUT2D eigenvalue weighted by atomic mass is 10.0. The summed E-state index contributed by atoms with van der Waals surface area (Å²) in [6.45, 7) is 0. The first-order chi connectivity index (χ1) is 9.52. The number of nitro groups is 1. The van der Waals surface area contributed by atoms with Gasteiger partial charge in [-0.05, 0) is 23.3 Å². The molecule has 0 aliphatic carbocycles. The average Bonchev–Trinajstić information content (AvgIpc) is 2.46. The van der Waals surface area contributed by atoms with E-state index in [4.69, 9.17) is 0 Å². The van der Waals surface area contributed by atoms with Crippen molar-refractivity contribution in [3.8, 4) is 11.1 Å². The molecular weight excluding hydrogens is 265 g/mol. The Kier molecular flexibility index (Phi) is 3.74. The maximum Gasteiger partial charge on any atom is 0.340 e. The van der Waals surface area contributed by atoms with Gasteiger partial charge in [-0.15, -0.1) is 0 Å². The summed E-state index contributed by atoms with van der Waals surface area (Å²) in [6, 6.07) is 9.77. The number of nitro benzene ring substituents is 1. The van der Waals surface area contributed by atoms with E-state index in [0.29, 0.717) is 11.1 Å². The minimum atomic E-state index is -0.770. The SMILES string of the molecule is COC(=O)c1ccc(-c2cccc([N+](=O)[O-])c2)cc1F. The number of carbonyl (C=O) groups is 1. The molecule has 20 heavy (non-hydrogen) atoms. The summed E-state index contributed by atoms with van der Waals surface area (Å²) in [5.74, 6) is -1.51. The fraction of sp³-hybridized carbons (Fsp3) is 0.0714. The Morgan fingerprint density at radius 2 is 1.90 bits per heavy atom. The van der Waals surface area contributed by atoms with Crippen molar-refractivity contribution < 1.29 is 18.8 Å². The highest BCUT2D eigenvalue weighted by Crippen LogP contribution is 2.25. The van der Waals surface area contributed by atoms with Gasteiger partial charge in [0.05, 0.1) is 17.6 Å². The van der Waals surface area contributed by atoms with Gasteiger partial charge >= 0.3 is 5.97 Å². The van der Waals surface area contributed by atoms with Crippen LogP contribution in [0.2, 0.25) is 0 Å². The summed E-state index contributed by atoms with van der Waals surface area (Å²) in [4.78, 5) is 21.5. The zero-order valence-corrected chi connectivity index (χ0v) is 10.5. The molecule has 0 heterocycles. The Morgan fingerprint density at radius 3 is 2.50 bits per heavy atom. The van der Waals surface area contributed by atoms with Crippen LogP contribution in [0.15, 0.2) is 42.5 Å². The molecular formula is C14H10FNO4. The lowest BCUT2D eigenvalue weighted by Gasteiger charge is -2.05. The fourth-order valence-corrected chi connectivity index (χ4v) is 1.77. The van der Waals surface area contributed by atoms with Gasteiger partial charge in [-0.25, -0.2) is 9.18 Å². The maximum atomic E-state index is 13.8. The van der Waals surface area contributed by atoms with Crippen LogP contribution in [0, 0.1) is 15.9 Å². The summed E-state index contributed by atoms with van der Waals surface area (Å²) < 4.78 is 18.2. The van der Waals surface area contributed by atoms with Gasteiger partial charge in [-0.1, -0.05) is 18.2 Å². The van der Waals surface area contributed by atoms with E-state index in [9.17, 15) is 19.3 Å². The Morgan fingerprint density at radius 1 is 1.20 bits per heavy atom. The zero-order chi connectivity index (χ0) is 14.7. The van der Waals surface area contributed by atoms with Crippen molar-refractivity contribution in [1.29, 1.82) is 0 Å². The first kappa shape index (κ1) is 13.7. The molecule has 0 aromatic heterocycles. The molecule has 0 aliphatic heterocycles. The van der Waals surface area contributed by atoms with E-state index < -0.39 is 16.7 Å². The molecule has 2 rings (SSSR count). The molecule has 0 spiro atoms. The molecule has 0 radical (unpaired) electrons. The van der Waals surface area contributed by atoms with Crippen LogP contribution in [0.1, 0.15) is 10.4 Å². The maximum absolute atomic E-state index is 13.8. The molecule has 0 N–H and O–H groups in total. The second kappa shape index (κ2) is 5.48. The van der Waals surface area contributed by atoms with E-state index in [-0.39, 0.29) is 11.3 Å². The number of methoxy groups -OCH3 is 1. The zero-order valence-electron chi connectivity index (χ0n) is 10.5. The van der Waals surface area contributed by atoms with Crippen molar-refractivity contribution >= 4 is 11.7 Å². The first-order valence-corrected chi connectivity index (χ1v) is 5.65. The molecule has 0 saturated carbocycles. The predicted octanol–water partition coefficient (Wildman–Crippen LogP) is 3.19. The fourth-order valence-electron chi connectivity index (χ4n) is 1.77. The summed E-state index contributed by atoms with van der Waals surface area (Å²) in [5, 5.41) is 10.7. The van der Waals surface area contributed by atoms with Crippen molar-refractivity contribution in [2.75, 3.05) is 7.11 Å². The molecule has 0 bridgehead atoms. The quantitative estimate of drug-likeness (QED) is 0.490. The minimum Gasteiger partial charge on any atom is -0.465 e. The molecule has 6 heteroatoms. The number of rotatable bonds is 3. The predicted molar refractivity (Wildman–Crippen MR) is 69.8 cm³/mol. The number of ether oxygens (including phenoxy) is 1. The molecule has 0 saturated heterocycles. The third-order valence-electron chi connectivity index (χ3n) is 2.76. The van der Waals surface area contributed by atoms with Crippen LogP contribution in [0.25, 0.3) is 11.1 Å². The number of halogens is 1. The molecule has 2 aromatic carbocycles. The van der Waals surface area contributed by atoms with Crippen LogP contribution >= 0.6 is 0 Å². The third kappa shape index (κ3) is 2.64. The number of hydrogen-bond donors (Lipinski definition) is 0. The largest absolute Gasteiger partial charge is 0.465 e. The van der Waals surface area contributed by atoms with Crippen molar-refractivity contribution in [3.05, 3.63) is 64.0 Å². The van der Waals surface area contributed by atoms with Crippen LogP contribution in [-0.4, -0.2) is 18.0 Å². The van der Waals surface area contributed by atoms with E-state index in [2.05, 4.69) is 4.74 Å². The van der Waals surface area contributed by atoms with Gasteiger partial charge in [0.25, 0.3) is 5.69 Å². The highest BCUT2D eigenvalue weighted by Gasteiger charge is 2.14. The van der Waals surface area contributed by atoms with Crippen molar-refractivity contribution in [2.45, 2.75) is 0 Å². The molecule has 0 aliphatic rings. The summed E-state index contributed by atoms with van der Waals surface area (Å²) in [6.07, 6.45) is 0. The molecule has 0 amide bonds. The summed E-state index contributed by atoms with van der Waals surface area (Å²) in [5.41, 5.74) is 0.676.